The molecule has 2 aromatic rings. The van der Waals surface area contributed by atoms with Crippen molar-refractivity contribution >= 4 is 23.2 Å². The van der Waals surface area contributed by atoms with E-state index < -0.39 is 0 Å². The first kappa shape index (κ1) is 16.0. The van der Waals surface area contributed by atoms with E-state index in [4.69, 9.17) is 16.3 Å². The van der Waals surface area contributed by atoms with E-state index >= 15 is 0 Å². The number of ether oxygens (including phenoxy) is 1. The van der Waals surface area contributed by atoms with Gasteiger partial charge in [-0.05, 0) is 48.9 Å². The van der Waals surface area contributed by atoms with Crippen LogP contribution in [0.4, 0.5) is 5.69 Å². The molecule has 1 saturated heterocycles. The molecule has 5 heteroatoms. The summed E-state index contributed by atoms with van der Waals surface area (Å²) in [6.07, 6.45) is 1.10. The van der Waals surface area contributed by atoms with Gasteiger partial charge in [-0.2, -0.15) is 0 Å². The second kappa shape index (κ2) is 7.59. The van der Waals surface area contributed by atoms with Gasteiger partial charge in [0.2, 0.25) is 0 Å². The van der Waals surface area contributed by atoms with Gasteiger partial charge in [-0.15, -0.1) is 0 Å². The van der Waals surface area contributed by atoms with E-state index in [-0.39, 0.29) is 12.0 Å². The molecule has 2 aromatic carbocycles. The SMILES string of the molecule is O=C(Nc1ccc(C2CNCCCO2)cc1)c1cccc(Cl)c1. The lowest BCUT2D eigenvalue weighted by molar-refractivity contribution is 0.0669. The van der Waals surface area contributed by atoms with Crippen LogP contribution in [0.15, 0.2) is 48.5 Å². The van der Waals surface area contributed by atoms with Crippen LogP contribution in [0, 0.1) is 0 Å². The van der Waals surface area contributed by atoms with Crippen molar-refractivity contribution in [2.24, 2.45) is 0 Å². The number of anilines is 1. The average molecular weight is 331 g/mol. The number of halogens is 1. The maximum atomic E-state index is 12.2. The van der Waals surface area contributed by atoms with Crippen LogP contribution in [0.3, 0.4) is 0 Å². The number of nitrogens with one attached hydrogen (secondary N) is 2. The highest BCUT2D eigenvalue weighted by Gasteiger charge is 2.14. The van der Waals surface area contributed by atoms with Crippen LogP contribution < -0.4 is 10.6 Å². The number of hydrogen-bond acceptors (Lipinski definition) is 3. The summed E-state index contributed by atoms with van der Waals surface area (Å²) in [4.78, 5) is 12.2. The summed E-state index contributed by atoms with van der Waals surface area (Å²) in [5, 5.41) is 6.78. The van der Waals surface area contributed by atoms with E-state index in [0.717, 1.165) is 37.4 Å². The standard InChI is InChI=1S/C18H19ClN2O2/c19-15-4-1-3-14(11-15)18(22)21-16-7-5-13(6-8-16)17-12-20-9-2-10-23-17/h1,3-8,11,17,20H,2,9-10,12H2,(H,21,22). The smallest absolute Gasteiger partial charge is 0.255 e. The first-order valence-electron chi connectivity index (χ1n) is 7.71. The molecule has 1 fully saturated rings. The highest BCUT2D eigenvalue weighted by atomic mass is 35.5. The summed E-state index contributed by atoms with van der Waals surface area (Å²) >= 11 is 5.91. The van der Waals surface area contributed by atoms with Gasteiger partial charge >= 0.3 is 0 Å². The third-order valence-corrected chi connectivity index (χ3v) is 4.01. The zero-order valence-corrected chi connectivity index (χ0v) is 13.5. The van der Waals surface area contributed by atoms with Crippen LogP contribution in [-0.2, 0) is 4.74 Å². The third-order valence-electron chi connectivity index (χ3n) is 3.77. The van der Waals surface area contributed by atoms with Gasteiger partial charge < -0.3 is 15.4 Å². The molecule has 0 aliphatic carbocycles. The summed E-state index contributed by atoms with van der Waals surface area (Å²) in [5.41, 5.74) is 2.40. The number of carbonyl (C=O) groups is 1. The van der Waals surface area contributed by atoms with Gasteiger partial charge in [-0.3, -0.25) is 4.79 Å². The number of amides is 1. The normalized spacial score (nSPS) is 18.2. The van der Waals surface area contributed by atoms with Crippen LogP contribution in [0.5, 0.6) is 0 Å². The molecule has 2 N–H and O–H groups in total. The molecule has 0 radical (unpaired) electrons. The minimum atomic E-state index is -0.173. The third kappa shape index (κ3) is 4.32. The molecule has 3 rings (SSSR count). The quantitative estimate of drug-likeness (QED) is 0.903. The molecule has 1 unspecified atom stereocenters. The lowest BCUT2D eigenvalue weighted by Crippen LogP contribution is -2.20. The second-order valence-corrected chi connectivity index (χ2v) is 5.94. The Kier molecular flexibility index (Phi) is 5.28. The van der Waals surface area contributed by atoms with Crippen molar-refractivity contribution in [2.75, 3.05) is 25.0 Å². The predicted molar refractivity (Wildman–Crippen MR) is 92.0 cm³/mol. The number of rotatable bonds is 3. The summed E-state index contributed by atoms with van der Waals surface area (Å²) in [6.45, 7) is 2.57. The zero-order chi connectivity index (χ0) is 16.1. The molecule has 4 nitrogen and oxygen atoms in total. The van der Waals surface area contributed by atoms with Crippen molar-refractivity contribution < 1.29 is 9.53 Å². The van der Waals surface area contributed by atoms with Crippen LogP contribution in [-0.4, -0.2) is 25.6 Å². The molecule has 1 heterocycles. The molecule has 0 aromatic heterocycles. The highest BCUT2D eigenvalue weighted by Crippen LogP contribution is 2.21. The van der Waals surface area contributed by atoms with E-state index in [1.54, 1.807) is 24.3 Å². The summed E-state index contributed by atoms with van der Waals surface area (Å²) in [7, 11) is 0. The molecule has 120 valence electrons. The van der Waals surface area contributed by atoms with Gasteiger partial charge in [0.1, 0.15) is 0 Å². The second-order valence-electron chi connectivity index (χ2n) is 5.50. The Hall–Kier alpha value is -1.88. The van der Waals surface area contributed by atoms with Crippen LogP contribution >= 0.6 is 11.6 Å². The summed E-state index contributed by atoms with van der Waals surface area (Å²) < 4.78 is 5.83. The Balaban J connectivity index is 1.66. The van der Waals surface area contributed by atoms with Crippen molar-refractivity contribution in [1.82, 2.24) is 5.32 Å². The van der Waals surface area contributed by atoms with Crippen molar-refractivity contribution in [3.05, 3.63) is 64.7 Å². The molecular weight excluding hydrogens is 312 g/mol. The Bertz CT molecular complexity index is 665. The molecule has 1 aliphatic rings. The first-order chi connectivity index (χ1) is 11.2. The van der Waals surface area contributed by atoms with Crippen LogP contribution in [0.25, 0.3) is 0 Å². The number of benzene rings is 2. The maximum Gasteiger partial charge on any atom is 0.255 e. The predicted octanol–water partition coefficient (Wildman–Crippen LogP) is 3.64. The van der Waals surface area contributed by atoms with E-state index in [2.05, 4.69) is 10.6 Å². The lowest BCUT2D eigenvalue weighted by atomic mass is 10.1. The van der Waals surface area contributed by atoms with Crippen LogP contribution in [0.1, 0.15) is 28.4 Å². The van der Waals surface area contributed by atoms with E-state index in [1.165, 1.54) is 0 Å². The summed E-state index contributed by atoms with van der Waals surface area (Å²) in [6, 6.07) is 14.7. The monoisotopic (exact) mass is 330 g/mol. The molecular formula is C18H19ClN2O2. The van der Waals surface area contributed by atoms with Gasteiger partial charge in [-0.25, -0.2) is 0 Å². The summed E-state index contributed by atoms with van der Waals surface area (Å²) in [5.74, 6) is -0.173. The van der Waals surface area contributed by atoms with E-state index in [1.807, 2.05) is 24.3 Å². The Morgan fingerprint density at radius 1 is 1.22 bits per heavy atom. The minimum absolute atomic E-state index is 0.0650. The van der Waals surface area contributed by atoms with Gasteiger partial charge in [0.25, 0.3) is 5.91 Å². The fraction of sp³-hybridized carbons (Fsp3) is 0.278. The van der Waals surface area contributed by atoms with Gasteiger partial charge in [0.15, 0.2) is 0 Å². The number of carbonyl (C=O) groups excluding carboxylic acids is 1. The largest absolute Gasteiger partial charge is 0.372 e. The molecule has 0 spiro atoms. The lowest BCUT2D eigenvalue weighted by Gasteiger charge is -2.16. The van der Waals surface area contributed by atoms with Crippen molar-refractivity contribution in [1.29, 1.82) is 0 Å². The van der Waals surface area contributed by atoms with Gasteiger partial charge in [0, 0.05) is 29.4 Å². The Morgan fingerprint density at radius 2 is 2.04 bits per heavy atom. The molecule has 1 aliphatic heterocycles. The van der Waals surface area contributed by atoms with Crippen molar-refractivity contribution in [3.63, 3.8) is 0 Å². The minimum Gasteiger partial charge on any atom is -0.372 e. The Morgan fingerprint density at radius 3 is 2.83 bits per heavy atom. The maximum absolute atomic E-state index is 12.2. The van der Waals surface area contributed by atoms with Gasteiger partial charge in [-0.1, -0.05) is 29.8 Å². The molecule has 1 atom stereocenters. The van der Waals surface area contributed by atoms with Gasteiger partial charge in [0.05, 0.1) is 6.10 Å². The fourth-order valence-corrected chi connectivity index (χ4v) is 2.73. The first-order valence-corrected chi connectivity index (χ1v) is 8.09. The Labute approximate surface area is 140 Å². The molecule has 23 heavy (non-hydrogen) atoms. The van der Waals surface area contributed by atoms with Crippen molar-refractivity contribution in [3.8, 4) is 0 Å². The number of hydrogen-bond donors (Lipinski definition) is 2. The average Bonchev–Trinajstić information content (AvgIpc) is 2.85. The molecule has 0 saturated carbocycles. The van der Waals surface area contributed by atoms with E-state index in [9.17, 15) is 4.79 Å². The van der Waals surface area contributed by atoms with E-state index in [0.29, 0.717) is 10.6 Å². The highest BCUT2D eigenvalue weighted by molar-refractivity contribution is 6.31. The molecule has 0 bridgehead atoms. The van der Waals surface area contributed by atoms with Crippen LogP contribution in [0.2, 0.25) is 5.02 Å². The molecule has 1 amide bonds. The van der Waals surface area contributed by atoms with Crippen molar-refractivity contribution in [2.45, 2.75) is 12.5 Å². The topological polar surface area (TPSA) is 50.4 Å². The zero-order valence-electron chi connectivity index (χ0n) is 12.7. The fourth-order valence-electron chi connectivity index (χ4n) is 2.54.